The van der Waals surface area contributed by atoms with E-state index in [1.165, 1.54) is 13.2 Å². The van der Waals surface area contributed by atoms with Crippen LogP contribution in [-0.2, 0) is 21.3 Å². The average Bonchev–Trinajstić information content (AvgIpc) is 3.38. The van der Waals surface area contributed by atoms with Crippen LogP contribution < -0.4 is 0 Å². The van der Waals surface area contributed by atoms with E-state index in [2.05, 4.69) is 38.9 Å². The molecule has 0 aromatic heterocycles. The van der Waals surface area contributed by atoms with Crippen molar-refractivity contribution in [2.45, 2.75) is 56.6 Å². The summed E-state index contributed by atoms with van der Waals surface area (Å²) in [6, 6.07) is 24.3. The molecule has 232 valence electrons. The Balaban J connectivity index is 0.000000276. The van der Waals surface area contributed by atoms with E-state index in [0.29, 0.717) is 53.6 Å². The van der Waals surface area contributed by atoms with Gasteiger partial charge >= 0.3 is 12.1 Å². The number of fused-ring (bicyclic) bond motifs is 1. The van der Waals surface area contributed by atoms with Gasteiger partial charge in [0, 0.05) is 42.5 Å². The smallest absolute Gasteiger partial charge is 0.410 e. The number of benzene rings is 3. The van der Waals surface area contributed by atoms with Gasteiger partial charge in [0.1, 0.15) is 5.60 Å². The summed E-state index contributed by atoms with van der Waals surface area (Å²) in [4.78, 5) is 41.0. The van der Waals surface area contributed by atoms with Gasteiger partial charge in [0.2, 0.25) is 0 Å². The number of rotatable bonds is 4. The first-order valence-corrected chi connectivity index (χ1v) is 15.7. The first kappa shape index (κ1) is 33.2. The van der Waals surface area contributed by atoms with Crippen molar-refractivity contribution in [1.82, 2.24) is 9.80 Å². The van der Waals surface area contributed by atoms with Crippen molar-refractivity contribution < 1.29 is 23.9 Å². The fourth-order valence-corrected chi connectivity index (χ4v) is 6.05. The maximum Gasteiger partial charge on any atom is 0.410 e. The van der Waals surface area contributed by atoms with E-state index in [4.69, 9.17) is 10.00 Å². The zero-order valence-corrected chi connectivity index (χ0v) is 27.3. The Morgan fingerprint density at radius 2 is 1.67 bits per heavy atom. The van der Waals surface area contributed by atoms with Gasteiger partial charge < -0.3 is 19.3 Å². The molecule has 0 bridgehead atoms. The topological polar surface area (TPSA) is 124 Å². The molecule has 3 aromatic rings. The van der Waals surface area contributed by atoms with Gasteiger partial charge in [-0.05, 0) is 68.1 Å². The van der Waals surface area contributed by atoms with E-state index in [1.807, 2.05) is 56.0 Å². The molecule has 5 rings (SSSR count). The third-order valence-corrected chi connectivity index (χ3v) is 8.32. The minimum absolute atomic E-state index is 0.0174. The molecule has 0 spiro atoms. The number of carbonyl (C=O) groups is 3. The number of esters is 1. The van der Waals surface area contributed by atoms with Crippen molar-refractivity contribution in [2.75, 3.05) is 20.2 Å². The lowest BCUT2D eigenvalue weighted by molar-refractivity contribution is 0.0109. The van der Waals surface area contributed by atoms with Crippen LogP contribution in [0.25, 0.3) is 0 Å². The Kier molecular flexibility index (Phi) is 10.6. The fourth-order valence-electron chi connectivity index (χ4n) is 5.56. The van der Waals surface area contributed by atoms with Crippen molar-refractivity contribution in [2.24, 2.45) is 0 Å². The minimum atomic E-state index is -0.554. The van der Waals surface area contributed by atoms with Crippen molar-refractivity contribution in [3.8, 4) is 12.1 Å². The summed E-state index contributed by atoms with van der Waals surface area (Å²) >= 11 is 3.26. The highest BCUT2D eigenvalue weighted by molar-refractivity contribution is 9.08. The van der Waals surface area contributed by atoms with Gasteiger partial charge in [-0.2, -0.15) is 10.5 Å². The zero-order chi connectivity index (χ0) is 32.7. The lowest BCUT2D eigenvalue weighted by Crippen LogP contribution is -2.52. The molecule has 2 amide bonds. The molecule has 0 unspecified atom stereocenters. The Labute approximate surface area is 272 Å². The van der Waals surface area contributed by atoms with Crippen molar-refractivity contribution in [1.29, 1.82) is 10.5 Å². The van der Waals surface area contributed by atoms with Crippen molar-refractivity contribution in [3.63, 3.8) is 0 Å². The number of methoxy groups -OCH3 is 1. The van der Waals surface area contributed by atoms with Gasteiger partial charge in [0.25, 0.3) is 5.91 Å². The number of halogens is 1. The van der Waals surface area contributed by atoms with E-state index in [-0.39, 0.29) is 24.0 Å². The molecule has 1 saturated heterocycles. The molecular weight excluding hydrogens is 636 g/mol. The number of amides is 2. The van der Waals surface area contributed by atoms with E-state index in [9.17, 15) is 19.6 Å². The number of ether oxygens (including phenoxy) is 2. The molecule has 9 nitrogen and oxygen atoms in total. The van der Waals surface area contributed by atoms with Crippen LogP contribution in [0.5, 0.6) is 0 Å². The highest BCUT2D eigenvalue weighted by atomic mass is 79.9. The van der Waals surface area contributed by atoms with Crippen LogP contribution in [0.1, 0.15) is 81.6 Å². The summed E-state index contributed by atoms with van der Waals surface area (Å²) in [5.41, 5.74) is 4.30. The van der Waals surface area contributed by atoms with Gasteiger partial charge in [-0.3, -0.25) is 4.79 Å². The predicted molar refractivity (Wildman–Crippen MR) is 172 cm³/mol. The van der Waals surface area contributed by atoms with E-state index in [0.717, 1.165) is 16.7 Å². The van der Waals surface area contributed by atoms with Crippen LogP contribution in [0.2, 0.25) is 0 Å². The van der Waals surface area contributed by atoms with Gasteiger partial charge in [-0.15, -0.1) is 0 Å². The maximum atomic E-state index is 13.3. The summed E-state index contributed by atoms with van der Waals surface area (Å²) in [6.07, 6.45) is 0.352. The van der Waals surface area contributed by atoms with Gasteiger partial charge in [0.05, 0.1) is 35.9 Å². The number of carbonyl (C=O) groups excluding carboxylic acids is 3. The molecule has 2 aliphatic rings. The zero-order valence-electron chi connectivity index (χ0n) is 25.7. The third kappa shape index (κ3) is 7.89. The lowest BCUT2D eigenvalue weighted by atomic mass is 9.85. The fraction of sp³-hybridized carbons (Fsp3) is 0.343. The summed E-state index contributed by atoms with van der Waals surface area (Å²) in [6.45, 7) is 7.14. The Bertz CT molecular complexity index is 1660. The molecular formula is C35H35BrN4O5. The number of nitriles is 2. The van der Waals surface area contributed by atoms with E-state index < -0.39 is 11.6 Å². The largest absolute Gasteiger partial charge is 0.465 e. The Morgan fingerprint density at radius 3 is 2.29 bits per heavy atom. The first-order valence-electron chi connectivity index (χ1n) is 14.5. The normalized spacial score (nSPS) is 17.3. The Morgan fingerprint density at radius 1 is 1.00 bits per heavy atom. The van der Waals surface area contributed by atoms with E-state index >= 15 is 0 Å². The summed E-state index contributed by atoms with van der Waals surface area (Å²) in [5.74, 6) is -0.475. The number of piperidine rings is 1. The highest BCUT2D eigenvalue weighted by Crippen LogP contribution is 2.36. The number of alkyl halides is 1. The second-order valence-electron chi connectivity index (χ2n) is 11.8. The highest BCUT2D eigenvalue weighted by Gasteiger charge is 2.41. The van der Waals surface area contributed by atoms with Crippen LogP contribution in [0, 0.1) is 22.7 Å². The second kappa shape index (κ2) is 14.4. The predicted octanol–water partition coefficient (Wildman–Crippen LogP) is 6.55. The minimum Gasteiger partial charge on any atom is -0.465 e. The van der Waals surface area contributed by atoms with Crippen molar-refractivity contribution >= 4 is 33.9 Å². The molecule has 10 heteroatoms. The molecule has 2 atom stereocenters. The molecule has 0 radical (unpaired) electrons. The third-order valence-electron chi connectivity index (χ3n) is 7.72. The molecule has 1 fully saturated rings. The molecule has 0 N–H and O–H groups in total. The first-order chi connectivity index (χ1) is 21.5. The Hall–Kier alpha value is -4.67. The monoisotopic (exact) mass is 670 g/mol. The molecule has 0 aliphatic carbocycles. The van der Waals surface area contributed by atoms with Crippen LogP contribution in [0.3, 0.4) is 0 Å². The number of nitrogens with zero attached hydrogens (tertiary/aromatic N) is 4. The summed E-state index contributed by atoms with van der Waals surface area (Å²) < 4.78 is 10.2. The molecule has 0 saturated carbocycles. The number of hydrogen-bond acceptors (Lipinski definition) is 7. The van der Waals surface area contributed by atoms with Crippen LogP contribution in [-0.4, -0.2) is 59.6 Å². The van der Waals surface area contributed by atoms with Gasteiger partial charge in [-0.25, -0.2) is 9.59 Å². The maximum absolute atomic E-state index is 13.3. The molecule has 2 heterocycles. The van der Waals surface area contributed by atoms with Gasteiger partial charge in [0.15, 0.2) is 0 Å². The quantitative estimate of drug-likeness (QED) is 0.228. The van der Waals surface area contributed by atoms with Crippen LogP contribution >= 0.6 is 15.9 Å². The second-order valence-corrected chi connectivity index (χ2v) is 12.4. The average molecular weight is 672 g/mol. The number of hydrogen-bond donors (Lipinski definition) is 0. The molecule has 2 aliphatic heterocycles. The lowest BCUT2D eigenvalue weighted by Gasteiger charge is -2.43. The summed E-state index contributed by atoms with van der Waals surface area (Å²) in [5, 5.41) is 18.4. The van der Waals surface area contributed by atoms with Gasteiger partial charge in [-0.1, -0.05) is 58.4 Å². The van der Waals surface area contributed by atoms with Crippen molar-refractivity contribution in [3.05, 3.63) is 106 Å². The molecule has 45 heavy (non-hydrogen) atoms. The SMILES string of the molecule is CC(C)(C)OC(=O)N1CC[C@H](N2Cc3ccc(C#N)cc3C2=O)[C@@H](c2ccccc2)C1.COC(=O)c1cc(C#N)ccc1CBr. The van der Waals surface area contributed by atoms with Crippen LogP contribution in [0.4, 0.5) is 4.79 Å². The standard InChI is InChI=1S/C25H27N3O3.C10H8BrNO2/c1-25(2,3)31-24(30)27-12-11-22(21(16-27)18-7-5-4-6-8-18)28-15-19-10-9-17(14-26)13-20(19)23(28)29;1-14-10(13)9-4-7(6-12)2-3-8(9)5-11/h4-10,13,21-22H,11-12,15-16H2,1-3H3;2-4H,5H2,1H3/t21-,22+;/m1./s1. The number of likely N-dealkylation sites (tertiary alicyclic amines) is 1. The molecule has 3 aromatic carbocycles. The summed E-state index contributed by atoms with van der Waals surface area (Å²) in [7, 11) is 1.32. The van der Waals surface area contributed by atoms with E-state index in [1.54, 1.807) is 29.2 Å². The van der Waals surface area contributed by atoms with Crippen LogP contribution in [0.15, 0.2) is 66.7 Å².